The third kappa shape index (κ3) is 5.35. The van der Waals surface area contributed by atoms with Gasteiger partial charge in [0.25, 0.3) is 0 Å². The fraction of sp³-hybridized carbons (Fsp3) is 0.389. The van der Waals surface area contributed by atoms with E-state index in [1.807, 2.05) is 24.4 Å². The number of nitrogens with zero attached hydrogens (tertiary/aromatic N) is 2. The molecule has 0 spiro atoms. The topological polar surface area (TPSA) is 25.4 Å². The van der Waals surface area contributed by atoms with E-state index in [4.69, 9.17) is 4.74 Å². The molecule has 0 atom stereocenters. The van der Waals surface area contributed by atoms with Crippen molar-refractivity contribution in [1.29, 1.82) is 0 Å². The maximum absolute atomic E-state index is 5.49. The normalized spacial score (nSPS) is 10.9. The first-order chi connectivity index (χ1) is 10.7. The molecule has 0 radical (unpaired) electrons. The summed E-state index contributed by atoms with van der Waals surface area (Å²) in [6.07, 6.45) is 4.10. The fourth-order valence-corrected chi connectivity index (χ4v) is 3.12. The second-order valence-corrected chi connectivity index (χ2v) is 6.51. The van der Waals surface area contributed by atoms with Gasteiger partial charge in [-0.3, -0.25) is 0 Å². The highest BCUT2D eigenvalue weighted by Crippen LogP contribution is 2.28. The third-order valence-electron chi connectivity index (χ3n) is 3.43. The largest absolute Gasteiger partial charge is 0.496 e. The summed E-state index contributed by atoms with van der Waals surface area (Å²) >= 11 is 1.74. The lowest BCUT2D eigenvalue weighted by Gasteiger charge is -2.12. The van der Waals surface area contributed by atoms with E-state index in [9.17, 15) is 0 Å². The molecule has 0 saturated heterocycles. The average molecular weight is 316 g/mol. The van der Waals surface area contributed by atoms with E-state index in [1.54, 1.807) is 18.9 Å². The van der Waals surface area contributed by atoms with Gasteiger partial charge in [0, 0.05) is 17.5 Å². The summed E-state index contributed by atoms with van der Waals surface area (Å²) in [7, 11) is 5.96. The Morgan fingerprint density at radius 3 is 2.73 bits per heavy atom. The van der Waals surface area contributed by atoms with Gasteiger partial charge in [0.2, 0.25) is 0 Å². The Hall–Kier alpha value is -1.52. The van der Waals surface area contributed by atoms with Gasteiger partial charge in [-0.2, -0.15) is 0 Å². The monoisotopic (exact) mass is 316 g/mol. The van der Waals surface area contributed by atoms with E-state index in [0.717, 1.165) is 29.5 Å². The first-order valence-corrected chi connectivity index (χ1v) is 8.52. The predicted octanol–water partition coefficient (Wildman–Crippen LogP) is 3.88. The van der Waals surface area contributed by atoms with Crippen LogP contribution in [0.3, 0.4) is 0 Å². The van der Waals surface area contributed by atoms with Crippen LogP contribution in [0.2, 0.25) is 0 Å². The van der Waals surface area contributed by atoms with Crippen molar-refractivity contribution in [3.8, 4) is 5.75 Å². The number of benzene rings is 1. The highest BCUT2D eigenvalue weighted by atomic mass is 32.2. The second-order valence-electron chi connectivity index (χ2n) is 5.51. The van der Waals surface area contributed by atoms with E-state index >= 15 is 0 Å². The van der Waals surface area contributed by atoms with Crippen LogP contribution in [0.25, 0.3) is 0 Å². The number of ether oxygens (including phenoxy) is 1. The fourth-order valence-electron chi connectivity index (χ4n) is 2.28. The van der Waals surface area contributed by atoms with Gasteiger partial charge in [0.15, 0.2) is 0 Å². The molecule has 1 aromatic heterocycles. The standard InChI is InChI=1S/C18H24N2OS/c1-20(2)12-6-7-15-9-10-17(21-3)16(13-15)14-22-18-8-4-5-11-19-18/h4-5,8-11,13H,6-7,12,14H2,1-3H3. The molecule has 0 N–H and O–H groups in total. The highest BCUT2D eigenvalue weighted by molar-refractivity contribution is 7.98. The molecule has 0 aliphatic carbocycles. The number of hydrogen-bond donors (Lipinski definition) is 0. The second kappa shape index (κ2) is 8.81. The van der Waals surface area contributed by atoms with Gasteiger partial charge in [-0.05, 0) is 57.2 Å². The third-order valence-corrected chi connectivity index (χ3v) is 4.42. The molecule has 22 heavy (non-hydrogen) atoms. The van der Waals surface area contributed by atoms with E-state index < -0.39 is 0 Å². The van der Waals surface area contributed by atoms with E-state index in [1.165, 1.54) is 17.5 Å². The van der Waals surface area contributed by atoms with Crippen molar-refractivity contribution in [1.82, 2.24) is 9.88 Å². The summed E-state index contributed by atoms with van der Waals surface area (Å²) in [5, 5.41) is 1.04. The van der Waals surface area contributed by atoms with Crippen molar-refractivity contribution in [2.75, 3.05) is 27.7 Å². The molecular formula is C18H24N2OS. The molecule has 118 valence electrons. The number of methoxy groups -OCH3 is 1. The van der Waals surface area contributed by atoms with Crippen LogP contribution in [-0.4, -0.2) is 37.6 Å². The summed E-state index contributed by atoms with van der Waals surface area (Å²) in [6.45, 7) is 1.12. The molecule has 0 aliphatic rings. The molecule has 3 nitrogen and oxygen atoms in total. The van der Waals surface area contributed by atoms with Crippen LogP contribution in [-0.2, 0) is 12.2 Å². The molecule has 0 amide bonds. The van der Waals surface area contributed by atoms with Crippen LogP contribution in [0.1, 0.15) is 17.5 Å². The van der Waals surface area contributed by atoms with Crippen LogP contribution in [0.4, 0.5) is 0 Å². The molecule has 0 bridgehead atoms. The Bertz CT molecular complexity index is 573. The van der Waals surface area contributed by atoms with Gasteiger partial charge in [-0.25, -0.2) is 4.98 Å². The minimum absolute atomic E-state index is 0.877. The minimum atomic E-state index is 0.877. The molecule has 2 aromatic rings. The predicted molar refractivity (Wildman–Crippen MR) is 93.7 cm³/mol. The van der Waals surface area contributed by atoms with Crippen molar-refractivity contribution < 1.29 is 4.74 Å². The van der Waals surface area contributed by atoms with Gasteiger partial charge in [-0.15, -0.1) is 11.8 Å². The lowest BCUT2D eigenvalue weighted by molar-refractivity contribution is 0.399. The quantitative estimate of drug-likeness (QED) is 0.690. The van der Waals surface area contributed by atoms with Crippen LogP contribution in [0.5, 0.6) is 5.75 Å². The molecule has 2 rings (SSSR count). The zero-order valence-electron chi connectivity index (χ0n) is 13.6. The minimum Gasteiger partial charge on any atom is -0.496 e. The molecule has 4 heteroatoms. The number of hydrogen-bond acceptors (Lipinski definition) is 4. The van der Waals surface area contributed by atoms with Gasteiger partial charge < -0.3 is 9.64 Å². The molecule has 0 fully saturated rings. The molecule has 0 saturated carbocycles. The zero-order valence-corrected chi connectivity index (χ0v) is 14.4. The number of rotatable bonds is 8. The summed E-state index contributed by atoms with van der Waals surface area (Å²) < 4.78 is 5.49. The molecule has 1 aromatic carbocycles. The first kappa shape index (κ1) is 16.8. The van der Waals surface area contributed by atoms with Gasteiger partial charge in [0.1, 0.15) is 5.75 Å². The summed E-state index contributed by atoms with van der Waals surface area (Å²) in [4.78, 5) is 6.58. The number of thioether (sulfide) groups is 1. The van der Waals surface area contributed by atoms with Crippen molar-refractivity contribution in [3.05, 3.63) is 53.7 Å². The van der Waals surface area contributed by atoms with E-state index in [2.05, 4.69) is 42.2 Å². The van der Waals surface area contributed by atoms with Crippen molar-refractivity contribution >= 4 is 11.8 Å². The van der Waals surface area contributed by atoms with Gasteiger partial charge >= 0.3 is 0 Å². The summed E-state index contributed by atoms with van der Waals surface area (Å²) in [5.74, 6) is 1.83. The van der Waals surface area contributed by atoms with Crippen molar-refractivity contribution in [3.63, 3.8) is 0 Å². The Balaban J connectivity index is 2.01. The zero-order chi connectivity index (χ0) is 15.8. The van der Waals surface area contributed by atoms with Crippen LogP contribution in [0, 0.1) is 0 Å². The van der Waals surface area contributed by atoms with E-state index in [-0.39, 0.29) is 0 Å². The van der Waals surface area contributed by atoms with E-state index in [0.29, 0.717) is 0 Å². The maximum atomic E-state index is 5.49. The Morgan fingerprint density at radius 1 is 1.18 bits per heavy atom. The molecule has 1 heterocycles. The first-order valence-electron chi connectivity index (χ1n) is 7.53. The molecule has 0 aliphatic heterocycles. The van der Waals surface area contributed by atoms with Crippen molar-refractivity contribution in [2.24, 2.45) is 0 Å². The van der Waals surface area contributed by atoms with Gasteiger partial charge in [-0.1, -0.05) is 18.2 Å². The van der Waals surface area contributed by atoms with Crippen molar-refractivity contribution in [2.45, 2.75) is 23.6 Å². The Labute approximate surface area is 137 Å². The Kier molecular flexibility index (Phi) is 6.74. The number of aromatic nitrogens is 1. The van der Waals surface area contributed by atoms with Crippen LogP contribution < -0.4 is 4.74 Å². The summed E-state index contributed by atoms with van der Waals surface area (Å²) in [5.41, 5.74) is 2.61. The SMILES string of the molecule is COc1ccc(CCCN(C)C)cc1CSc1ccccn1. The van der Waals surface area contributed by atoms with Crippen LogP contribution >= 0.6 is 11.8 Å². The lowest BCUT2D eigenvalue weighted by Crippen LogP contribution is -2.13. The smallest absolute Gasteiger partial charge is 0.122 e. The average Bonchev–Trinajstić information content (AvgIpc) is 2.54. The van der Waals surface area contributed by atoms with Gasteiger partial charge in [0.05, 0.1) is 12.1 Å². The van der Waals surface area contributed by atoms with Crippen LogP contribution in [0.15, 0.2) is 47.6 Å². The highest BCUT2D eigenvalue weighted by Gasteiger charge is 2.06. The number of aryl methyl sites for hydroxylation is 1. The maximum Gasteiger partial charge on any atom is 0.122 e. The summed E-state index contributed by atoms with van der Waals surface area (Å²) in [6, 6.07) is 12.5. The Morgan fingerprint density at radius 2 is 2.05 bits per heavy atom. The number of pyridine rings is 1. The lowest BCUT2D eigenvalue weighted by atomic mass is 10.1. The molecule has 0 unspecified atom stereocenters. The molecular weight excluding hydrogens is 292 g/mol.